The van der Waals surface area contributed by atoms with E-state index in [1.807, 2.05) is 30.3 Å². The molecule has 0 atom stereocenters. The van der Waals surface area contributed by atoms with Crippen LogP contribution in [-0.2, 0) is 19.7 Å². The molecule has 128 valence electrons. The van der Waals surface area contributed by atoms with Gasteiger partial charge in [0.25, 0.3) is 5.56 Å². The second kappa shape index (κ2) is 7.38. The van der Waals surface area contributed by atoms with E-state index in [-0.39, 0.29) is 30.0 Å². The van der Waals surface area contributed by atoms with Crippen molar-refractivity contribution in [1.82, 2.24) is 9.78 Å². The van der Waals surface area contributed by atoms with Crippen molar-refractivity contribution < 1.29 is 9.50 Å². The van der Waals surface area contributed by atoms with Gasteiger partial charge in [0, 0.05) is 23.2 Å². The Morgan fingerprint density at radius 1 is 1.08 bits per heavy atom. The molecule has 25 heavy (non-hydrogen) atoms. The summed E-state index contributed by atoms with van der Waals surface area (Å²) in [4.78, 5) is 12.4. The Bertz CT molecular complexity index is 939. The maximum Gasteiger partial charge on any atom is 0.272 e. The van der Waals surface area contributed by atoms with Gasteiger partial charge < -0.3 is 10.8 Å². The molecule has 0 fully saturated rings. The predicted molar refractivity (Wildman–Crippen MR) is 93.2 cm³/mol. The molecule has 0 saturated heterocycles. The van der Waals surface area contributed by atoms with Gasteiger partial charge in [-0.2, -0.15) is 5.10 Å². The van der Waals surface area contributed by atoms with Crippen molar-refractivity contribution >= 4 is 0 Å². The van der Waals surface area contributed by atoms with Gasteiger partial charge in [0.05, 0.1) is 18.8 Å². The molecule has 3 N–H and O–H groups in total. The number of aromatic nitrogens is 2. The summed E-state index contributed by atoms with van der Waals surface area (Å²) in [6, 6.07) is 15.5. The molecule has 1 aromatic heterocycles. The Morgan fingerprint density at radius 2 is 1.84 bits per heavy atom. The predicted octanol–water partition coefficient (Wildman–Crippen LogP) is 2.05. The van der Waals surface area contributed by atoms with Crippen LogP contribution >= 0.6 is 0 Å². The average Bonchev–Trinajstić information content (AvgIpc) is 2.64. The number of aliphatic hydroxyl groups excluding tert-OH is 1. The first-order valence-electron chi connectivity index (χ1n) is 7.87. The van der Waals surface area contributed by atoms with E-state index in [0.717, 1.165) is 5.56 Å². The number of aliphatic hydroxyl groups is 1. The molecule has 0 aliphatic rings. The number of nitrogens with two attached hydrogens (primary N) is 1. The van der Waals surface area contributed by atoms with Gasteiger partial charge in [-0.3, -0.25) is 4.79 Å². The quantitative estimate of drug-likeness (QED) is 0.745. The van der Waals surface area contributed by atoms with E-state index in [4.69, 9.17) is 5.73 Å². The Balaban J connectivity index is 2.09. The summed E-state index contributed by atoms with van der Waals surface area (Å²) < 4.78 is 15.0. The van der Waals surface area contributed by atoms with Gasteiger partial charge in [-0.05, 0) is 29.8 Å². The summed E-state index contributed by atoms with van der Waals surface area (Å²) in [5.74, 6) is -0.383. The van der Waals surface area contributed by atoms with Crippen molar-refractivity contribution in [2.45, 2.75) is 19.7 Å². The van der Waals surface area contributed by atoms with Gasteiger partial charge in [0.1, 0.15) is 5.82 Å². The highest BCUT2D eigenvalue weighted by Crippen LogP contribution is 2.20. The molecular formula is C19H18FN3O2. The maximum absolute atomic E-state index is 13.7. The number of hydrogen-bond acceptors (Lipinski definition) is 4. The first-order chi connectivity index (χ1) is 12.1. The smallest absolute Gasteiger partial charge is 0.272 e. The van der Waals surface area contributed by atoms with Gasteiger partial charge in [-0.25, -0.2) is 9.07 Å². The number of halogens is 1. The molecule has 6 heteroatoms. The number of rotatable bonds is 5. The van der Waals surface area contributed by atoms with Crippen LogP contribution in [0.3, 0.4) is 0 Å². The first-order valence-corrected chi connectivity index (χ1v) is 7.87. The molecule has 2 aromatic carbocycles. The van der Waals surface area contributed by atoms with Crippen LogP contribution in [0.4, 0.5) is 4.39 Å². The zero-order chi connectivity index (χ0) is 17.8. The van der Waals surface area contributed by atoms with Crippen LogP contribution in [0.2, 0.25) is 0 Å². The van der Waals surface area contributed by atoms with E-state index in [2.05, 4.69) is 5.10 Å². The zero-order valence-electron chi connectivity index (χ0n) is 13.5. The third-order valence-electron chi connectivity index (χ3n) is 3.96. The van der Waals surface area contributed by atoms with Crippen LogP contribution < -0.4 is 11.3 Å². The minimum atomic E-state index is -0.395. The van der Waals surface area contributed by atoms with Gasteiger partial charge >= 0.3 is 0 Å². The number of hydrogen-bond donors (Lipinski definition) is 2. The molecule has 1 heterocycles. The highest BCUT2D eigenvalue weighted by Gasteiger charge is 2.11. The summed E-state index contributed by atoms with van der Waals surface area (Å²) in [5, 5.41) is 13.9. The summed E-state index contributed by atoms with van der Waals surface area (Å²) in [6.07, 6.45) is 0. The fourth-order valence-corrected chi connectivity index (χ4v) is 2.61. The van der Waals surface area contributed by atoms with Crippen LogP contribution in [-0.4, -0.2) is 14.9 Å². The van der Waals surface area contributed by atoms with Gasteiger partial charge in [-0.1, -0.05) is 30.3 Å². The molecule has 0 spiro atoms. The van der Waals surface area contributed by atoms with Crippen molar-refractivity contribution in [2.24, 2.45) is 5.73 Å². The minimum Gasteiger partial charge on any atom is -0.391 e. The van der Waals surface area contributed by atoms with Crippen LogP contribution in [0.1, 0.15) is 16.7 Å². The Hall–Kier alpha value is -2.83. The van der Waals surface area contributed by atoms with E-state index in [9.17, 15) is 14.3 Å². The summed E-state index contributed by atoms with van der Waals surface area (Å²) in [6.45, 7) is -0.0459. The lowest BCUT2D eigenvalue weighted by molar-refractivity contribution is 0.278. The van der Waals surface area contributed by atoms with Crippen molar-refractivity contribution in [3.63, 3.8) is 0 Å². The number of nitrogens with zero attached hydrogens (tertiary/aromatic N) is 2. The van der Waals surface area contributed by atoms with E-state index in [1.165, 1.54) is 16.8 Å². The van der Waals surface area contributed by atoms with E-state index in [1.54, 1.807) is 12.1 Å². The SMILES string of the molecule is NCc1cc(-c2cc(CO)c(=O)n(Cc3ccccc3)n2)ccc1F. The Morgan fingerprint density at radius 3 is 2.52 bits per heavy atom. The van der Waals surface area contributed by atoms with Gasteiger partial charge in [0.15, 0.2) is 0 Å². The third kappa shape index (κ3) is 3.65. The molecule has 0 aliphatic carbocycles. The highest BCUT2D eigenvalue weighted by molar-refractivity contribution is 5.60. The van der Waals surface area contributed by atoms with Gasteiger partial charge in [-0.15, -0.1) is 0 Å². The van der Waals surface area contributed by atoms with Crippen molar-refractivity contribution in [3.8, 4) is 11.3 Å². The Kier molecular flexibility index (Phi) is 5.02. The summed E-state index contributed by atoms with van der Waals surface area (Å²) in [5.41, 5.74) is 7.84. The third-order valence-corrected chi connectivity index (χ3v) is 3.96. The molecule has 0 amide bonds. The van der Waals surface area contributed by atoms with Crippen LogP contribution in [0.5, 0.6) is 0 Å². The van der Waals surface area contributed by atoms with Crippen LogP contribution in [0, 0.1) is 5.82 Å². The van der Waals surface area contributed by atoms with Crippen LogP contribution in [0.25, 0.3) is 11.3 Å². The second-order valence-corrected chi connectivity index (χ2v) is 5.67. The Labute approximate surface area is 144 Å². The molecule has 3 aromatic rings. The first kappa shape index (κ1) is 17.0. The van der Waals surface area contributed by atoms with Gasteiger partial charge in [0.2, 0.25) is 0 Å². The topological polar surface area (TPSA) is 81.1 Å². The molecule has 0 bridgehead atoms. The average molecular weight is 339 g/mol. The lowest BCUT2D eigenvalue weighted by atomic mass is 10.1. The number of benzene rings is 2. The second-order valence-electron chi connectivity index (χ2n) is 5.67. The van der Waals surface area contributed by atoms with Crippen molar-refractivity contribution in [2.75, 3.05) is 0 Å². The molecule has 5 nitrogen and oxygen atoms in total. The van der Waals surface area contributed by atoms with E-state index >= 15 is 0 Å². The minimum absolute atomic E-state index is 0.0657. The molecule has 0 saturated carbocycles. The molecule has 0 unspecified atom stereocenters. The largest absolute Gasteiger partial charge is 0.391 e. The fraction of sp³-hybridized carbons (Fsp3) is 0.158. The van der Waals surface area contributed by atoms with Crippen LogP contribution in [0.15, 0.2) is 59.4 Å². The maximum atomic E-state index is 13.7. The lowest BCUT2D eigenvalue weighted by Gasteiger charge is -2.11. The molecular weight excluding hydrogens is 321 g/mol. The molecule has 0 aliphatic heterocycles. The zero-order valence-corrected chi connectivity index (χ0v) is 13.5. The fourth-order valence-electron chi connectivity index (χ4n) is 2.61. The monoisotopic (exact) mass is 339 g/mol. The van der Waals surface area contributed by atoms with Crippen molar-refractivity contribution in [1.29, 1.82) is 0 Å². The van der Waals surface area contributed by atoms with E-state index < -0.39 is 6.61 Å². The lowest BCUT2D eigenvalue weighted by Crippen LogP contribution is -2.27. The molecule has 0 radical (unpaired) electrons. The van der Waals surface area contributed by atoms with E-state index in [0.29, 0.717) is 16.8 Å². The molecule has 3 rings (SSSR count). The summed E-state index contributed by atoms with van der Waals surface area (Å²) in [7, 11) is 0. The summed E-state index contributed by atoms with van der Waals surface area (Å²) >= 11 is 0. The standard InChI is InChI=1S/C19H18FN3O2/c20-17-7-6-14(8-15(17)10-21)18-9-16(12-24)19(25)23(22-18)11-13-4-2-1-3-5-13/h1-9,24H,10-12,21H2. The normalized spacial score (nSPS) is 10.8. The van der Waals surface area contributed by atoms with Crippen molar-refractivity contribution in [3.05, 3.63) is 87.5 Å². The highest BCUT2D eigenvalue weighted by atomic mass is 19.1.